The molecule has 1 saturated heterocycles. The summed E-state index contributed by atoms with van der Waals surface area (Å²) in [5.74, 6) is 0.471. The zero-order chi connectivity index (χ0) is 11.3. The molecule has 3 N–H and O–H groups in total. The van der Waals surface area contributed by atoms with Gasteiger partial charge in [0.2, 0.25) is 5.91 Å². The predicted octanol–water partition coefficient (Wildman–Crippen LogP) is 0.513. The van der Waals surface area contributed by atoms with Gasteiger partial charge in [-0.3, -0.25) is 4.79 Å². The zero-order valence-corrected chi connectivity index (χ0v) is 9.66. The number of nitrogens with one attached hydrogen (secondary N) is 1. The van der Waals surface area contributed by atoms with Crippen molar-refractivity contribution in [2.24, 2.45) is 17.6 Å². The molecular weight excluding hydrogens is 192 g/mol. The van der Waals surface area contributed by atoms with Crippen LogP contribution in [0.15, 0.2) is 0 Å². The van der Waals surface area contributed by atoms with E-state index in [9.17, 15) is 4.79 Å². The molecule has 0 aliphatic carbocycles. The summed E-state index contributed by atoms with van der Waals surface area (Å²) < 4.78 is 5.16. The largest absolute Gasteiger partial charge is 0.379 e. The topological polar surface area (TPSA) is 64.3 Å². The van der Waals surface area contributed by atoms with Gasteiger partial charge in [0.25, 0.3) is 0 Å². The van der Waals surface area contributed by atoms with Crippen LogP contribution in [0.2, 0.25) is 0 Å². The van der Waals surface area contributed by atoms with E-state index in [0.717, 1.165) is 19.4 Å². The minimum absolute atomic E-state index is 0.0481. The summed E-state index contributed by atoms with van der Waals surface area (Å²) in [6.07, 6.45) is 2.20. The Kier molecular flexibility index (Phi) is 5.05. The zero-order valence-electron chi connectivity index (χ0n) is 9.66. The normalized spacial score (nSPS) is 25.9. The van der Waals surface area contributed by atoms with Crippen molar-refractivity contribution >= 4 is 5.91 Å². The Balaban J connectivity index is 2.29. The van der Waals surface area contributed by atoms with Crippen molar-refractivity contribution in [1.29, 1.82) is 0 Å². The van der Waals surface area contributed by atoms with Crippen LogP contribution in [0.1, 0.15) is 26.7 Å². The molecule has 4 nitrogen and oxygen atoms in total. The highest BCUT2D eigenvalue weighted by Gasteiger charge is 2.31. The SMILES string of the molecule is CCC(CC)CNC(=O)C1COCC1N. The fourth-order valence-electron chi connectivity index (χ4n) is 1.79. The van der Waals surface area contributed by atoms with Gasteiger partial charge < -0.3 is 15.8 Å². The van der Waals surface area contributed by atoms with Crippen LogP contribution in [0.3, 0.4) is 0 Å². The Hall–Kier alpha value is -0.610. The first kappa shape index (κ1) is 12.5. The van der Waals surface area contributed by atoms with Gasteiger partial charge in [-0.05, 0) is 5.92 Å². The first-order valence-corrected chi connectivity index (χ1v) is 5.80. The fourth-order valence-corrected chi connectivity index (χ4v) is 1.79. The minimum Gasteiger partial charge on any atom is -0.379 e. The highest BCUT2D eigenvalue weighted by molar-refractivity contribution is 5.79. The Bertz CT molecular complexity index is 205. The summed E-state index contributed by atoms with van der Waals surface area (Å²) in [4.78, 5) is 11.7. The molecule has 1 aliphatic rings. The second-order valence-corrected chi connectivity index (χ2v) is 4.24. The van der Waals surface area contributed by atoms with E-state index in [-0.39, 0.29) is 17.9 Å². The molecule has 88 valence electrons. The lowest BCUT2D eigenvalue weighted by atomic mass is 10.0. The van der Waals surface area contributed by atoms with Gasteiger partial charge in [0.15, 0.2) is 0 Å². The second kappa shape index (κ2) is 6.08. The number of hydrogen-bond acceptors (Lipinski definition) is 3. The first-order valence-electron chi connectivity index (χ1n) is 5.80. The first-order chi connectivity index (χ1) is 7.19. The molecule has 15 heavy (non-hydrogen) atoms. The van der Waals surface area contributed by atoms with Gasteiger partial charge in [0.05, 0.1) is 19.1 Å². The number of ether oxygens (including phenoxy) is 1. The molecule has 0 aromatic carbocycles. The minimum atomic E-state index is -0.153. The maximum atomic E-state index is 11.7. The molecule has 1 heterocycles. The highest BCUT2D eigenvalue weighted by atomic mass is 16.5. The Morgan fingerprint density at radius 2 is 2.13 bits per heavy atom. The van der Waals surface area contributed by atoms with Crippen LogP contribution >= 0.6 is 0 Å². The van der Waals surface area contributed by atoms with Crippen molar-refractivity contribution < 1.29 is 9.53 Å². The third-order valence-corrected chi connectivity index (χ3v) is 3.18. The van der Waals surface area contributed by atoms with Gasteiger partial charge >= 0.3 is 0 Å². The van der Waals surface area contributed by atoms with Crippen molar-refractivity contribution in [1.82, 2.24) is 5.32 Å². The van der Waals surface area contributed by atoms with Gasteiger partial charge in [-0.15, -0.1) is 0 Å². The lowest BCUT2D eigenvalue weighted by Gasteiger charge is -2.17. The van der Waals surface area contributed by atoms with Crippen LogP contribution in [0.5, 0.6) is 0 Å². The van der Waals surface area contributed by atoms with E-state index in [2.05, 4.69) is 19.2 Å². The summed E-state index contributed by atoms with van der Waals surface area (Å²) in [5, 5.41) is 2.96. The van der Waals surface area contributed by atoms with E-state index in [1.807, 2.05) is 0 Å². The van der Waals surface area contributed by atoms with E-state index in [0.29, 0.717) is 19.1 Å². The highest BCUT2D eigenvalue weighted by Crippen LogP contribution is 2.12. The quantitative estimate of drug-likeness (QED) is 0.701. The smallest absolute Gasteiger partial charge is 0.227 e. The summed E-state index contributed by atoms with van der Waals surface area (Å²) in [6, 6.07) is -0.133. The van der Waals surface area contributed by atoms with E-state index in [1.165, 1.54) is 0 Å². The molecule has 0 bridgehead atoms. The standard InChI is InChI=1S/C11H22N2O2/c1-3-8(4-2)5-13-11(14)9-6-15-7-10(9)12/h8-10H,3-7,12H2,1-2H3,(H,13,14). The van der Waals surface area contributed by atoms with E-state index in [1.54, 1.807) is 0 Å². The van der Waals surface area contributed by atoms with Crippen LogP contribution in [-0.2, 0) is 9.53 Å². The van der Waals surface area contributed by atoms with Gasteiger partial charge in [0.1, 0.15) is 0 Å². The Morgan fingerprint density at radius 1 is 1.47 bits per heavy atom. The number of hydrogen-bond donors (Lipinski definition) is 2. The molecule has 0 spiro atoms. The van der Waals surface area contributed by atoms with Crippen LogP contribution in [0, 0.1) is 11.8 Å². The van der Waals surface area contributed by atoms with E-state index < -0.39 is 0 Å². The predicted molar refractivity (Wildman–Crippen MR) is 59.4 cm³/mol. The van der Waals surface area contributed by atoms with Crippen LogP contribution in [-0.4, -0.2) is 31.7 Å². The maximum Gasteiger partial charge on any atom is 0.227 e. The third-order valence-electron chi connectivity index (χ3n) is 3.18. The average molecular weight is 214 g/mol. The van der Waals surface area contributed by atoms with Crippen LogP contribution < -0.4 is 11.1 Å². The van der Waals surface area contributed by atoms with E-state index in [4.69, 9.17) is 10.5 Å². The lowest BCUT2D eigenvalue weighted by Crippen LogP contribution is -2.42. The Morgan fingerprint density at radius 3 is 2.60 bits per heavy atom. The molecule has 1 aliphatic heterocycles. The molecule has 4 heteroatoms. The molecule has 0 aromatic rings. The molecule has 1 amide bonds. The number of rotatable bonds is 5. The third kappa shape index (κ3) is 3.47. The Labute approximate surface area is 91.5 Å². The van der Waals surface area contributed by atoms with Gasteiger partial charge in [0, 0.05) is 12.6 Å². The summed E-state index contributed by atoms with van der Waals surface area (Å²) in [6.45, 7) is 6.02. The number of amides is 1. The summed E-state index contributed by atoms with van der Waals surface area (Å²) in [7, 11) is 0. The van der Waals surface area contributed by atoms with Crippen molar-refractivity contribution in [3.8, 4) is 0 Å². The fraction of sp³-hybridized carbons (Fsp3) is 0.909. The van der Waals surface area contributed by atoms with Crippen molar-refractivity contribution in [2.45, 2.75) is 32.7 Å². The second-order valence-electron chi connectivity index (χ2n) is 4.24. The van der Waals surface area contributed by atoms with Crippen molar-refractivity contribution in [3.63, 3.8) is 0 Å². The number of carbonyl (C=O) groups is 1. The van der Waals surface area contributed by atoms with Crippen LogP contribution in [0.25, 0.3) is 0 Å². The average Bonchev–Trinajstić information content (AvgIpc) is 2.66. The number of nitrogens with two attached hydrogens (primary N) is 1. The molecule has 0 saturated carbocycles. The van der Waals surface area contributed by atoms with Gasteiger partial charge in [-0.1, -0.05) is 26.7 Å². The molecule has 0 aromatic heterocycles. The lowest BCUT2D eigenvalue weighted by molar-refractivity contribution is -0.125. The molecule has 2 unspecified atom stereocenters. The monoisotopic (exact) mass is 214 g/mol. The number of carbonyl (C=O) groups excluding carboxylic acids is 1. The van der Waals surface area contributed by atoms with E-state index >= 15 is 0 Å². The molecule has 1 fully saturated rings. The summed E-state index contributed by atoms with van der Waals surface area (Å²) in [5.41, 5.74) is 5.77. The molecule has 2 atom stereocenters. The molecular formula is C11H22N2O2. The maximum absolute atomic E-state index is 11.7. The van der Waals surface area contributed by atoms with Crippen molar-refractivity contribution in [3.05, 3.63) is 0 Å². The van der Waals surface area contributed by atoms with Crippen molar-refractivity contribution in [2.75, 3.05) is 19.8 Å². The van der Waals surface area contributed by atoms with Gasteiger partial charge in [-0.25, -0.2) is 0 Å². The van der Waals surface area contributed by atoms with Crippen LogP contribution in [0.4, 0.5) is 0 Å². The van der Waals surface area contributed by atoms with Gasteiger partial charge in [-0.2, -0.15) is 0 Å². The molecule has 0 radical (unpaired) electrons. The molecule has 1 rings (SSSR count). The summed E-state index contributed by atoms with van der Waals surface area (Å²) >= 11 is 0.